The molecular formula is C15H13F4NO. The third-order valence-corrected chi connectivity index (χ3v) is 2.77. The Balaban J connectivity index is 2.16. The minimum Gasteiger partial charge on any atom is -0.492 e. The van der Waals surface area contributed by atoms with Gasteiger partial charge in [0.25, 0.3) is 0 Å². The van der Waals surface area contributed by atoms with E-state index in [0.717, 1.165) is 12.1 Å². The molecule has 0 saturated carbocycles. The standard InChI is InChI=1S/C15H13F4NO/c1-2-21-14-7-10(16)3-4-13(14)20-8-9-5-11(17)15(19)12(18)6-9/h3-7,20H,2,8H2,1H3. The molecule has 0 atom stereocenters. The summed E-state index contributed by atoms with van der Waals surface area (Å²) in [5.74, 6) is -4.18. The van der Waals surface area contributed by atoms with Gasteiger partial charge in [0.1, 0.15) is 11.6 Å². The second-order valence-corrected chi connectivity index (χ2v) is 4.30. The Labute approximate surface area is 119 Å². The van der Waals surface area contributed by atoms with Crippen LogP contribution in [0.3, 0.4) is 0 Å². The van der Waals surface area contributed by atoms with Gasteiger partial charge in [0.2, 0.25) is 0 Å². The molecule has 2 nitrogen and oxygen atoms in total. The van der Waals surface area contributed by atoms with Crippen molar-refractivity contribution < 1.29 is 22.3 Å². The largest absolute Gasteiger partial charge is 0.492 e. The summed E-state index contributed by atoms with van der Waals surface area (Å²) >= 11 is 0. The first-order valence-corrected chi connectivity index (χ1v) is 6.31. The molecule has 0 unspecified atom stereocenters. The molecule has 0 bridgehead atoms. The lowest BCUT2D eigenvalue weighted by atomic mass is 10.2. The van der Waals surface area contributed by atoms with Gasteiger partial charge in [0, 0.05) is 12.6 Å². The zero-order valence-corrected chi connectivity index (χ0v) is 11.2. The van der Waals surface area contributed by atoms with Crippen LogP contribution in [0.5, 0.6) is 5.75 Å². The van der Waals surface area contributed by atoms with E-state index in [-0.39, 0.29) is 12.1 Å². The van der Waals surface area contributed by atoms with E-state index in [9.17, 15) is 17.6 Å². The number of hydrogen-bond acceptors (Lipinski definition) is 2. The summed E-state index contributed by atoms with van der Waals surface area (Å²) in [6.07, 6.45) is 0. The summed E-state index contributed by atoms with van der Waals surface area (Å²) in [6, 6.07) is 5.69. The molecule has 2 aromatic rings. The van der Waals surface area contributed by atoms with Crippen LogP contribution in [0.1, 0.15) is 12.5 Å². The lowest BCUT2D eigenvalue weighted by Gasteiger charge is -2.12. The minimum absolute atomic E-state index is 0.0415. The highest BCUT2D eigenvalue weighted by Gasteiger charge is 2.11. The summed E-state index contributed by atoms with van der Waals surface area (Å²) in [5, 5.41) is 2.87. The van der Waals surface area contributed by atoms with Crippen molar-refractivity contribution >= 4 is 5.69 Å². The van der Waals surface area contributed by atoms with Gasteiger partial charge in [-0.1, -0.05) is 0 Å². The first-order valence-electron chi connectivity index (χ1n) is 6.31. The van der Waals surface area contributed by atoms with Gasteiger partial charge in [-0.3, -0.25) is 0 Å². The Morgan fingerprint density at radius 2 is 1.67 bits per heavy atom. The van der Waals surface area contributed by atoms with Gasteiger partial charge in [0.15, 0.2) is 17.5 Å². The summed E-state index contributed by atoms with van der Waals surface area (Å²) in [5.41, 5.74) is 0.696. The van der Waals surface area contributed by atoms with Gasteiger partial charge in [-0.2, -0.15) is 0 Å². The van der Waals surface area contributed by atoms with Gasteiger partial charge < -0.3 is 10.1 Å². The molecule has 2 rings (SSSR count). The molecular weight excluding hydrogens is 286 g/mol. The van der Waals surface area contributed by atoms with E-state index in [1.54, 1.807) is 6.92 Å². The van der Waals surface area contributed by atoms with E-state index in [1.807, 2.05) is 0 Å². The van der Waals surface area contributed by atoms with Crippen LogP contribution in [-0.4, -0.2) is 6.61 Å². The molecule has 0 aliphatic heterocycles. The molecule has 0 aliphatic rings. The highest BCUT2D eigenvalue weighted by Crippen LogP contribution is 2.26. The van der Waals surface area contributed by atoms with E-state index in [4.69, 9.17) is 4.74 Å². The van der Waals surface area contributed by atoms with Crippen molar-refractivity contribution in [3.05, 3.63) is 59.2 Å². The first-order chi connectivity index (χ1) is 10.0. The molecule has 0 radical (unpaired) electrons. The maximum absolute atomic E-state index is 13.1. The van der Waals surface area contributed by atoms with Crippen LogP contribution in [0.15, 0.2) is 30.3 Å². The molecule has 0 spiro atoms. The Kier molecular flexibility index (Phi) is 4.67. The van der Waals surface area contributed by atoms with Crippen LogP contribution < -0.4 is 10.1 Å². The fourth-order valence-corrected chi connectivity index (χ4v) is 1.82. The summed E-state index contributed by atoms with van der Waals surface area (Å²) in [6.45, 7) is 2.14. The zero-order chi connectivity index (χ0) is 15.4. The second kappa shape index (κ2) is 6.47. The fourth-order valence-electron chi connectivity index (χ4n) is 1.82. The first kappa shape index (κ1) is 15.2. The van der Waals surface area contributed by atoms with Crippen molar-refractivity contribution in [1.29, 1.82) is 0 Å². The smallest absolute Gasteiger partial charge is 0.194 e. The van der Waals surface area contributed by atoms with Gasteiger partial charge >= 0.3 is 0 Å². The summed E-state index contributed by atoms with van der Waals surface area (Å²) < 4.78 is 57.5. The van der Waals surface area contributed by atoms with Gasteiger partial charge in [-0.05, 0) is 36.8 Å². The quantitative estimate of drug-likeness (QED) is 0.658. The second-order valence-electron chi connectivity index (χ2n) is 4.30. The number of hydrogen-bond donors (Lipinski definition) is 1. The number of halogens is 4. The van der Waals surface area contributed by atoms with Crippen molar-refractivity contribution in [1.82, 2.24) is 0 Å². The molecule has 0 amide bonds. The topological polar surface area (TPSA) is 21.3 Å². The zero-order valence-electron chi connectivity index (χ0n) is 11.2. The molecule has 0 heterocycles. The SMILES string of the molecule is CCOc1cc(F)ccc1NCc1cc(F)c(F)c(F)c1. The van der Waals surface area contributed by atoms with Gasteiger partial charge in [-0.15, -0.1) is 0 Å². The van der Waals surface area contributed by atoms with Gasteiger partial charge in [0.05, 0.1) is 12.3 Å². The van der Waals surface area contributed by atoms with Crippen molar-refractivity contribution in [2.75, 3.05) is 11.9 Å². The molecule has 112 valence electrons. The van der Waals surface area contributed by atoms with E-state index in [2.05, 4.69) is 5.32 Å². The molecule has 2 aromatic carbocycles. The van der Waals surface area contributed by atoms with Crippen molar-refractivity contribution in [3.63, 3.8) is 0 Å². The van der Waals surface area contributed by atoms with Crippen LogP contribution in [0.2, 0.25) is 0 Å². The lowest BCUT2D eigenvalue weighted by molar-refractivity contribution is 0.340. The molecule has 0 aromatic heterocycles. The summed E-state index contributed by atoms with van der Waals surface area (Å²) in [7, 11) is 0. The Morgan fingerprint density at radius 3 is 2.29 bits per heavy atom. The highest BCUT2D eigenvalue weighted by atomic mass is 19.2. The average Bonchev–Trinajstić information content (AvgIpc) is 2.44. The van der Waals surface area contributed by atoms with Crippen LogP contribution >= 0.6 is 0 Å². The van der Waals surface area contributed by atoms with Crippen LogP contribution in [0, 0.1) is 23.3 Å². The molecule has 6 heteroatoms. The van der Waals surface area contributed by atoms with E-state index in [1.165, 1.54) is 18.2 Å². The third-order valence-electron chi connectivity index (χ3n) is 2.77. The monoisotopic (exact) mass is 299 g/mol. The lowest BCUT2D eigenvalue weighted by Crippen LogP contribution is -2.05. The van der Waals surface area contributed by atoms with Crippen molar-refractivity contribution in [2.24, 2.45) is 0 Å². The maximum atomic E-state index is 13.1. The number of rotatable bonds is 5. The predicted molar refractivity (Wildman–Crippen MR) is 71.2 cm³/mol. The van der Waals surface area contributed by atoms with Crippen LogP contribution in [0.4, 0.5) is 23.2 Å². The van der Waals surface area contributed by atoms with Gasteiger partial charge in [-0.25, -0.2) is 17.6 Å². The van der Waals surface area contributed by atoms with E-state index < -0.39 is 23.3 Å². The van der Waals surface area contributed by atoms with E-state index in [0.29, 0.717) is 18.0 Å². The number of benzene rings is 2. The maximum Gasteiger partial charge on any atom is 0.194 e. The van der Waals surface area contributed by atoms with E-state index >= 15 is 0 Å². The van der Waals surface area contributed by atoms with Crippen LogP contribution in [-0.2, 0) is 6.54 Å². The highest BCUT2D eigenvalue weighted by molar-refractivity contribution is 5.56. The molecule has 0 fully saturated rings. The Morgan fingerprint density at radius 1 is 1.00 bits per heavy atom. The molecule has 21 heavy (non-hydrogen) atoms. The molecule has 1 N–H and O–H groups in total. The fraction of sp³-hybridized carbons (Fsp3) is 0.200. The predicted octanol–water partition coefficient (Wildman–Crippen LogP) is 4.25. The summed E-state index contributed by atoms with van der Waals surface area (Å²) in [4.78, 5) is 0. The number of anilines is 1. The molecule has 0 aliphatic carbocycles. The molecule has 0 saturated heterocycles. The Hall–Kier alpha value is -2.24. The normalized spacial score (nSPS) is 10.5. The van der Waals surface area contributed by atoms with Crippen molar-refractivity contribution in [3.8, 4) is 5.75 Å². The Bertz CT molecular complexity index is 623. The number of ether oxygens (including phenoxy) is 1. The van der Waals surface area contributed by atoms with Crippen LogP contribution in [0.25, 0.3) is 0 Å². The number of nitrogens with one attached hydrogen (secondary N) is 1. The third kappa shape index (κ3) is 3.65. The van der Waals surface area contributed by atoms with Crippen molar-refractivity contribution in [2.45, 2.75) is 13.5 Å². The average molecular weight is 299 g/mol. The minimum atomic E-state index is -1.50.